The van der Waals surface area contributed by atoms with Crippen molar-refractivity contribution in [3.63, 3.8) is 0 Å². The van der Waals surface area contributed by atoms with Crippen LogP contribution in [0.1, 0.15) is 5.56 Å². The van der Waals surface area contributed by atoms with E-state index in [0.29, 0.717) is 17.6 Å². The standard InChI is InChI=1S/C10H14BNO5S/c1-16-5-4-12-18(14,15)9-2-3-10-8(6-9)7-17-11(10)13/h2-3,6,12-13H,4-5,7H2,1H3. The molecule has 1 aliphatic heterocycles. The van der Waals surface area contributed by atoms with E-state index >= 15 is 0 Å². The number of rotatable bonds is 5. The van der Waals surface area contributed by atoms with E-state index in [1.165, 1.54) is 19.2 Å². The van der Waals surface area contributed by atoms with Gasteiger partial charge in [0.15, 0.2) is 0 Å². The minimum Gasteiger partial charge on any atom is -0.423 e. The number of fused-ring (bicyclic) bond motifs is 1. The van der Waals surface area contributed by atoms with Crippen LogP contribution in [0.5, 0.6) is 0 Å². The summed E-state index contributed by atoms with van der Waals surface area (Å²) in [5.74, 6) is 0. The molecule has 0 unspecified atom stereocenters. The summed E-state index contributed by atoms with van der Waals surface area (Å²) < 4.78 is 36.1. The molecule has 0 fully saturated rings. The van der Waals surface area contributed by atoms with Crippen molar-refractivity contribution < 1.29 is 22.8 Å². The zero-order chi connectivity index (χ0) is 13.2. The Morgan fingerprint density at radius 2 is 2.33 bits per heavy atom. The molecule has 0 bridgehead atoms. The molecule has 1 aromatic carbocycles. The monoisotopic (exact) mass is 271 g/mol. The molecule has 0 radical (unpaired) electrons. The average Bonchev–Trinajstić information content (AvgIpc) is 2.71. The predicted octanol–water partition coefficient (Wildman–Crippen LogP) is -1.17. The van der Waals surface area contributed by atoms with Crippen LogP contribution < -0.4 is 10.2 Å². The molecule has 1 aliphatic rings. The number of methoxy groups -OCH3 is 1. The van der Waals surface area contributed by atoms with Crippen LogP contribution in [-0.2, 0) is 26.0 Å². The lowest BCUT2D eigenvalue weighted by Crippen LogP contribution is -2.30. The second kappa shape index (κ2) is 5.37. The molecule has 0 saturated carbocycles. The second-order valence-electron chi connectivity index (χ2n) is 3.91. The molecule has 18 heavy (non-hydrogen) atoms. The van der Waals surface area contributed by atoms with Crippen molar-refractivity contribution in [2.45, 2.75) is 11.5 Å². The van der Waals surface area contributed by atoms with Crippen LogP contribution in [0, 0.1) is 0 Å². The van der Waals surface area contributed by atoms with Crippen LogP contribution in [0.15, 0.2) is 23.1 Å². The van der Waals surface area contributed by atoms with Gasteiger partial charge in [0.1, 0.15) is 0 Å². The summed E-state index contributed by atoms with van der Waals surface area (Å²) >= 11 is 0. The summed E-state index contributed by atoms with van der Waals surface area (Å²) in [6.07, 6.45) is 0. The van der Waals surface area contributed by atoms with Crippen LogP contribution in [0.3, 0.4) is 0 Å². The highest BCUT2D eigenvalue weighted by Gasteiger charge is 2.28. The Morgan fingerprint density at radius 3 is 3.06 bits per heavy atom. The summed E-state index contributed by atoms with van der Waals surface area (Å²) in [7, 11) is -3.00. The van der Waals surface area contributed by atoms with Crippen molar-refractivity contribution in [2.24, 2.45) is 0 Å². The van der Waals surface area contributed by atoms with Gasteiger partial charge in [-0.2, -0.15) is 0 Å². The lowest BCUT2D eigenvalue weighted by atomic mass is 9.80. The molecule has 2 rings (SSSR count). The average molecular weight is 271 g/mol. The molecule has 0 aliphatic carbocycles. The van der Waals surface area contributed by atoms with Crippen molar-refractivity contribution in [2.75, 3.05) is 20.3 Å². The van der Waals surface area contributed by atoms with Gasteiger partial charge in [-0.15, -0.1) is 0 Å². The number of nitrogens with one attached hydrogen (secondary N) is 1. The lowest BCUT2D eigenvalue weighted by molar-refractivity contribution is 0.204. The Bertz CT molecular complexity index is 533. The van der Waals surface area contributed by atoms with Crippen LogP contribution in [0.4, 0.5) is 0 Å². The number of sulfonamides is 1. The third kappa shape index (κ3) is 2.73. The molecule has 0 atom stereocenters. The van der Waals surface area contributed by atoms with Gasteiger partial charge in [-0.05, 0) is 23.2 Å². The van der Waals surface area contributed by atoms with Gasteiger partial charge < -0.3 is 14.4 Å². The zero-order valence-electron chi connectivity index (χ0n) is 9.92. The van der Waals surface area contributed by atoms with E-state index in [-0.39, 0.29) is 18.0 Å². The third-order valence-corrected chi connectivity index (χ3v) is 4.14. The van der Waals surface area contributed by atoms with Crippen LogP contribution in [0.2, 0.25) is 0 Å². The highest BCUT2D eigenvalue weighted by Crippen LogP contribution is 2.15. The summed E-state index contributed by atoms with van der Waals surface area (Å²) in [6, 6.07) is 4.53. The zero-order valence-corrected chi connectivity index (χ0v) is 10.7. The first-order valence-corrected chi connectivity index (χ1v) is 6.94. The number of hydrogen-bond acceptors (Lipinski definition) is 5. The van der Waals surface area contributed by atoms with E-state index in [1.807, 2.05) is 0 Å². The molecule has 1 aromatic rings. The van der Waals surface area contributed by atoms with Gasteiger partial charge in [0.2, 0.25) is 10.0 Å². The first-order valence-electron chi connectivity index (χ1n) is 5.45. The van der Waals surface area contributed by atoms with E-state index < -0.39 is 17.1 Å². The van der Waals surface area contributed by atoms with Gasteiger partial charge in [0.25, 0.3) is 0 Å². The molecule has 0 amide bonds. The molecular formula is C10H14BNO5S. The van der Waals surface area contributed by atoms with Crippen molar-refractivity contribution in [3.05, 3.63) is 23.8 Å². The van der Waals surface area contributed by atoms with Crippen molar-refractivity contribution >= 4 is 22.6 Å². The summed E-state index contributed by atoms with van der Waals surface area (Å²) in [4.78, 5) is 0.162. The van der Waals surface area contributed by atoms with E-state index in [2.05, 4.69) is 4.72 Å². The molecule has 0 spiro atoms. The van der Waals surface area contributed by atoms with Crippen LogP contribution in [0.25, 0.3) is 0 Å². The van der Waals surface area contributed by atoms with E-state index in [1.54, 1.807) is 6.07 Å². The topological polar surface area (TPSA) is 84.9 Å². The van der Waals surface area contributed by atoms with Gasteiger partial charge in [-0.1, -0.05) is 6.07 Å². The SMILES string of the molecule is COCCNS(=O)(=O)c1ccc2c(c1)COB2O. The third-order valence-electron chi connectivity index (χ3n) is 2.69. The van der Waals surface area contributed by atoms with Crippen molar-refractivity contribution in [1.82, 2.24) is 4.72 Å². The molecular weight excluding hydrogens is 257 g/mol. The smallest absolute Gasteiger partial charge is 0.423 e. The van der Waals surface area contributed by atoms with Gasteiger partial charge in [0.05, 0.1) is 18.1 Å². The minimum atomic E-state index is -3.54. The molecule has 98 valence electrons. The normalized spacial score (nSPS) is 14.9. The molecule has 8 heteroatoms. The Balaban J connectivity index is 2.19. The maximum atomic E-state index is 11.9. The van der Waals surface area contributed by atoms with Gasteiger partial charge in [0, 0.05) is 13.7 Å². The fourth-order valence-electron chi connectivity index (χ4n) is 1.74. The number of hydrogen-bond donors (Lipinski definition) is 2. The Kier molecular flexibility index (Phi) is 4.03. The maximum absolute atomic E-state index is 11.9. The van der Waals surface area contributed by atoms with Crippen molar-refractivity contribution in [1.29, 1.82) is 0 Å². The van der Waals surface area contributed by atoms with Gasteiger partial charge in [-0.25, -0.2) is 13.1 Å². The highest BCUT2D eigenvalue weighted by molar-refractivity contribution is 7.89. The minimum absolute atomic E-state index is 0.162. The molecule has 1 heterocycles. The highest BCUT2D eigenvalue weighted by atomic mass is 32.2. The lowest BCUT2D eigenvalue weighted by Gasteiger charge is -2.07. The Labute approximate surface area is 106 Å². The first kappa shape index (κ1) is 13.5. The fraction of sp³-hybridized carbons (Fsp3) is 0.400. The largest absolute Gasteiger partial charge is 0.491 e. The first-order chi connectivity index (χ1) is 8.54. The molecule has 6 nitrogen and oxygen atoms in total. The summed E-state index contributed by atoms with van der Waals surface area (Å²) in [5.41, 5.74) is 1.31. The number of ether oxygens (including phenoxy) is 1. The maximum Gasteiger partial charge on any atom is 0.491 e. The Hall–Kier alpha value is -0.925. The fourth-order valence-corrected chi connectivity index (χ4v) is 2.80. The van der Waals surface area contributed by atoms with E-state index in [9.17, 15) is 13.4 Å². The number of benzene rings is 1. The summed E-state index contributed by atoms with van der Waals surface area (Å²) in [5, 5.41) is 9.44. The molecule has 2 N–H and O–H groups in total. The second-order valence-corrected chi connectivity index (χ2v) is 5.68. The van der Waals surface area contributed by atoms with Gasteiger partial charge >= 0.3 is 7.12 Å². The molecule has 0 saturated heterocycles. The van der Waals surface area contributed by atoms with E-state index in [4.69, 9.17) is 9.39 Å². The Morgan fingerprint density at radius 1 is 1.56 bits per heavy atom. The predicted molar refractivity (Wildman–Crippen MR) is 65.9 cm³/mol. The van der Waals surface area contributed by atoms with Gasteiger partial charge in [-0.3, -0.25) is 0 Å². The van der Waals surface area contributed by atoms with Crippen LogP contribution in [-0.4, -0.2) is 40.8 Å². The quantitative estimate of drug-likeness (QED) is 0.520. The summed E-state index contributed by atoms with van der Waals surface area (Å²) in [6.45, 7) is 0.749. The van der Waals surface area contributed by atoms with E-state index in [0.717, 1.165) is 0 Å². The molecule has 0 aromatic heterocycles. The van der Waals surface area contributed by atoms with Crippen molar-refractivity contribution in [3.8, 4) is 0 Å². The van der Waals surface area contributed by atoms with Crippen LogP contribution >= 0.6 is 0 Å².